The minimum Gasteiger partial charge on any atom is -0.508 e. The molecule has 2 aromatic rings. The van der Waals surface area contributed by atoms with Crippen LogP contribution in [0.5, 0.6) is 11.5 Å². The molecule has 2 nitrogen and oxygen atoms in total. The number of aromatic hydroxyl groups is 1. The molecule has 0 amide bonds. The average molecular weight is 256 g/mol. The Morgan fingerprint density at radius 2 is 1.47 bits per heavy atom. The molecule has 0 spiro atoms. The summed E-state index contributed by atoms with van der Waals surface area (Å²) in [5.74, 6) is 1.20. The van der Waals surface area contributed by atoms with E-state index in [4.69, 9.17) is 4.74 Å². The molecule has 0 unspecified atom stereocenters. The maximum Gasteiger partial charge on any atom is 0.123 e. The smallest absolute Gasteiger partial charge is 0.123 e. The summed E-state index contributed by atoms with van der Waals surface area (Å²) in [5.41, 5.74) is 1.76. The van der Waals surface area contributed by atoms with Crippen LogP contribution in [0.2, 0.25) is 0 Å². The van der Waals surface area contributed by atoms with Crippen molar-refractivity contribution in [1.29, 1.82) is 0 Å². The molecule has 19 heavy (non-hydrogen) atoms. The maximum atomic E-state index is 9.85. The molecule has 0 atom stereocenters. The summed E-state index contributed by atoms with van der Waals surface area (Å²) < 4.78 is 5.96. The first-order chi connectivity index (χ1) is 8.96. The number of hydrogen-bond acceptors (Lipinski definition) is 2. The van der Waals surface area contributed by atoms with Crippen LogP contribution in [-0.4, -0.2) is 10.7 Å². The van der Waals surface area contributed by atoms with Crippen molar-refractivity contribution in [2.24, 2.45) is 0 Å². The third kappa shape index (κ3) is 3.75. The van der Waals surface area contributed by atoms with Crippen LogP contribution in [0, 0.1) is 0 Å². The number of rotatable bonds is 3. The molecule has 0 aliphatic heterocycles. The summed E-state index contributed by atoms with van der Waals surface area (Å²) in [6.45, 7) is 6.09. The Bertz CT molecular complexity index is 553. The van der Waals surface area contributed by atoms with Crippen molar-refractivity contribution in [3.05, 3.63) is 59.7 Å². The number of benzene rings is 2. The fraction of sp³-hybridized carbons (Fsp3) is 0.294. The van der Waals surface area contributed by atoms with Crippen LogP contribution >= 0.6 is 0 Å². The standard InChI is InChI=1S/C17H20O2/c1-17(2,3)19-16-11-7-5-9-14(16)12-13-8-4-6-10-15(13)18/h4-11,18H,12H2,1-3H3. The second-order valence-corrected chi connectivity index (χ2v) is 5.63. The van der Waals surface area contributed by atoms with Crippen molar-refractivity contribution < 1.29 is 9.84 Å². The van der Waals surface area contributed by atoms with Gasteiger partial charge in [-0.3, -0.25) is 0 Å². The molecule has 0 fully saturated rings. The highest BCUT2D eigenvalue weighted by molar-refractivity contribution is 5.42. The van der Waals surface area contributed by atoms with Gasteiger partial charge in [0, 0.05) is 6.42 Å². The zero-order chi connectivity index (χ0) is 13.9. The van der Waals surface area contributed by atoms with Gasteiger partial charge in [0.1, 0.15) is 17.1 Å². The normalized spacial score (nSPS) is 11.3. The predicted octanol–water partition coefficient (Wildman–Crippen LogP) is 4.16. The zero-order valence-electron chi connectivity index (χ0n) is 11.7. The molecule has 2 aromatic carbocycles. The molecule has 0 aliphatic rings. The maximum absolute atomic E-state index is 9.85. The lowest BCUT2D eigenvalue weighted by Gasteiger charge is -2.23. The van der Waals surface area contributed by atoms with Crippen molar-refractivity contribution in [3.63, 3.8) is 0 Å². The van der Waals surface area contributed by atoms with Gasteiger partial charge in [0.25, 0.3) is 0 Å². The fourth-order valence-corrected chi connectivity index (χ4v) is 1.94. The summed E-state index contributed by atoms with van der Waals surface area (Å²) in [7, 11) is 0. The second-order valence-electron chi connectivity index (χ2n) is 5.63. The van der Waals surface area contributed by atoms with Crippen LogP contribution in [0.15, 0.2) is 48.5 Å². The first-order valence-electron chi connectivity index (χ1n) is 6.49. The first-order valence-corrected chi connectivity index (χ1v) is 6.49. The Balaban J connectivity index is 2.28. The third-order valence-electron chi connectivity index (χ3n) is 2.76. The Kier molecular flexibility index (Phi) is 3.79. The lowest BCUT2D eigenvalue weighted by molar-refractivity contribution is 0.129. The molecule has 0 radical (unpaired) electrons. The fourth-order valence-electron chi connectivity index (χ4n) is 1.94. The highest BCUT2D eigenvalue weighted by Gasteiger charge is 2.14. The molecular formula is C17H20O2. The van der Waals surface area contributed by atoms with E-state index in [-0.39, 0.29) is 5.60 Å². The molecule has 0 aliphatic carbocycles. The summed E-state index contributed by atoms with van der Waals surface area (Å²) in [4.78, 5) is 0. The van der Waals surface area contributed by atoms with E-state index in [0.29, 0.717) is 12.2 Å². The molecule has 0 saturated carbocycles. The van der Waals surface area contributed by atoms with Gasteiger partial charge in [-0.1, -0.05) is 36.4 Å². The van der Waals surface area contributed by atoms with E-state index in [0.717, 1.165) is 16.9 Å². The Morgan fingerprint density at radius 3 is 2.11 bits per heavy atom. The van der Waals surface area contributed by atoms with Gasteiger partial charge in [0.2, 0.25) is 0 Å². The van der Waals surface area contributed by atoms with E-state index in [1.54, 1.807) is 6.07 Å². The monoisotopic (exact) mass is 256 g/mol. The van der Waals surface area contributed by atoms with E-state index in [1.165, 1.54) is 0 Å². The molecule has 0 bridgehead atoms. The van der Waals surface area contributed by atoms with Crippen molar-refractivity contribution in [3.8, 4) is 11.5 Å². The first kappa shape index (κ1) is 13.5. The molecule has 1 N–H and O–H groups in total. The summed E-state index contributed by atoms with van der Waals surface area (Å²) >= 11 is 0. The SMILES string of the molecule is CC(C)(C)Oc1ccccc1Cc1ccccc1O. The Morgan fingerprint density at radius 1 is 0.895 bits per heavy atom. The van der Waals surface area contributed by atoms with Crippen molar-refractivity contribution >= 4 is 0 Å². The number of phenolic OH excluding ortho intramolecular Hbond substituents is 1. The van der Waals surface area contributed by atoms with Gasteiger partial charge in [-0.15, -0.1) is 0 Å². The quantitative estimate of drug-likeness (QED) is 0.893. The third-order valence-corrected chi connectivity index (χ3v) is 2.76. The van der Waals surface area contributed by atoms with Crippen molar-refractivity contribution in [1.82, 2.24) is 0 Å². The summed E-state index contributed by atoms with van der Waals surface area (Å²) in [6, 6.07) is 15.4. The van der Waals surface area contributed by atoms with Crippen LogP contribution in [0.25, 0.3) is 0 Å². The number of hydrogen-bond donors (Lipinski definition) is 1. The topological polar surface area (TPSA) is 29.5 Å². The molecule has 0 saturated heterocycles. The van der Waals surface area contributed by atoms with E-state index in [1.807, 2.05) is 63.2 Å². The van der Waals surface area contributed by atoms with E-state index < -0.39 is 0 Å². The van der Waals surface area contributed by atoms with Crippen LogP contribution in [0.1, 0.15) is 31.9 Å². The minimum absolute atomic E-state index is 0.227. The summed E-state index contributed by atoms with van der Waals surface area (Å²) in [6.07, 6.45) is 0.666. The van der Waals surface area contributed by atoms with Crippen LogP contribution in [-0.2, 0) is 6.42 Å². The number of para-hydroxylation sites is 2. The van der Waals surface area contributed by atoms with Gasteiger partial charge in [-0.2, -0.15) is 0 Å². The summed E-state index contributed by atoms with van der Waals surface area (Å²) in [5, 5.41) is 9.85. The van der Waals surface area contributed by atoms with Gasteiger partial charge < -0.3 is 9.84 Å². The van der Waals surface area contributed by atoms with Crippen molar-refractivity contribution in [2.75, 3.05) is 0 Å². The molecular weight excluding hydrogens is 236 g/mol. The van der Waals surface area contributed by atoms with Gasteiger partial charge in [-0.05, 0) is 44.0 Å². The lowest BCUT2D eigenvalue weighted by Crippen LogP contribution is -2.23. The highest BCUT2D eigenvalue weighted by Crippen LogP contribution is 2.27. The average Bonchev–Trinajstić information content (AvgIpc) is 2.33. The van der Waals surface area contributed by atoms with Crippen LogP contribution < -0.4 is 4.74 Å². The molecule has 2 rings (SSSR count). The van der Waals surface area contributed by atoms with Crippen LogP contribution in [0.4, 0.5) is 0 Å². The van der Waals surface area contributed by atoms with Gasteiger partial charge >= 0.3 is 0 Å². The van der Waals surface area contributed by atoms with Gasteiger partial charge in [0.05, 0.1) is 0 Å². The number of phenols is 1. The second kappa shape index (κ2) is 5.35. The van der Waals surface area contributed by atoms with E-state index in [2.05, 4.69) is 0 Å². The van der Waals surface area contributed by atoms with Crippen molar-refractivity contribution in [2.45, 2.75) is 32.8 Å². The Labute approximate surface area is 114 Å². The lowest BCUT2D eigenvalue weighted by atomic mass is 10.0. The Hall–Kier alpha value is -1.96. The number of ether oxygens (including phenoxy) is 1. The minimum atomic E-state index is -0.227. The van der Waals surface area contributed by atoms with E-state index >= 15 is 0 Å². The molecule has 2 heteroatoms. The highest BCUT2D eigenvalue weighted by atomic mass is 16.5. The van der Waals surface area contributed by atoms with Gasteiger partial charge in [-0.25, -0.2) is 0 Å². The van der Waals surface area contributed by atoms with Gasteiger partial charge in [0.15, 0.2) is 0 Å². The molecule has 100 valence electrons. The molecule has 0 aromatic heterocycles. The largest absolute Gasteiger partial charge is 0.508 e. The molecule has 0 heterocycles. The predicted molar refractivity (Wildman–Crippen MR) is 77.7 cm³/mol. The van der Waals surface area contributed by atoms with Crippen LogP contribution in [0.3, 0.4) is 0 Å². The van der Waals surface area contributed by atoms with E-state index in [9.17, 15) is 5.11 Å². The zero-order valence-corrected chi connectivity index (χ0v) is 11.7.